The summed E-state index contributed by atoms with van der Waals surface area (Å²) in [6.45, 7) is -1.77. The zero-order chi connectivity index (χ0) is 18.4. The molecule has 138 valence electrons. The highest BCUT2D eigenvalue weighted by Gasteiger charge is 2.41. The molecule has 0 bridgehead atoms. The highest BCUT2D eigenvalue weighted by atomic mass is 19.3. The predicted molar refractivity (Wildman–Crippen MR) is 79.6 cm³/mol. The van der Waals surface area contributed by atoms with E-state index in [4.69, 9.17) is 0 Å². The average Bonchev–Trinajstić information content (AvgIpc) is 2.61. The number of ether oxygens (including phenoxy) is 1. The van der Waals surface area contributed by atoms with Gasteiger partial charge in [-0.05, 0) is 25.0 Å². The van der Waals surface area contributed by atoms with Crippen LogP contribution in [0.15, 0.2) is 24.4 Å². The minimum absolute atomic E-state index is 0.128. The molecule has 1 aliphatic heterocycles. The van der Waals surface area contributed by atoms with Gasteiger partial charge in [0, 0.05) is 25.2 Å². The topological polar surface area (TPSA) is 59.5 Å². The van der Waals surface area contributed by atoms with Crippen LogP contribution in [0.25, 0.3) is 0 Å². The fourth-order valence-electron chi connectivity index (χ4n) is 2.56. The summed E-state index contributed by atoms with van der Waals surface area (Å²) >= 11 is 0. The average molecular weight is 362 g/mol. The van der Waals surface area contributed by atoms with Gasteiger partial charge in [-0.2, -0.15) is 8.78 Å². The smallest absolute Gasteiger partial charge is 0.330 e. The van der Waals surface area contributed by atoms with E-state index < -0.39 is 37.4 Å². The first-order valence-electron chi connectivity index (χ1n) is 7.78. The molecule has 0 aliphatic carbocycles. The van der Waals surface area contributed by atoms with Crippen molar-refractivity contribution >= 4 is 11.7 Å². The van der Waals surface area contributed by atoms with Gasteiger partial charge in [-0.1, -0.05) is 6.07 Å². The van der Waals surface area contributed by atoms with Crippen LogP contribution in [0.2, 0.25) is 0 Å². The van der Waals surface area contributed by atoms with Gasteiger partial charge in [0.15, 0.2) is 5.78 Å². The Balaban J connectivity index is 1.86. The van der Waals surface area contributed by atoms with Gasteiger partial charge < -0.3 is 9.64 Å². The zero-order valence-corrected chi connectivity index (χ0v) is 13.3. The number of aromatic nitrogens is 1. The van der Waals surface area contributed by atoms with E-state index in [0.29, 0.717) is 25.1 Å². The van der Waals surface area contributed by atoms with Crippen LogP contribution in [-0.2, 0) is 9.53 Å². The van der Waals surface area contributed by atoms with Crippen LogP contribution in [0, 0.1) is 5.92 Å². The second-order valence-corrected chi connectivity index (χ2v) is 5.81. The number of piperidine rings is 1. The van der Waals surface area contributed by atoms with Gasteiger partial charge in [0.2, 0.25) is 5.91 Å². The second kappa shape index (κ2) is 8.37. The van der Waals surface area contributed by atoms with Gasteiger partial charge in [0.05, 0.1) is 0 Å². The van der Waals surface area contributed by atoms with Crippen LogP contribution < -0.4 is 0 Å². The van der Waals surface area contributed by atoms with Crippen molar-refractivity contribution in [2.24, 2.45) is 5.92 Å². The first-order valence-corrected chi connectivity index (χ1v) is 7.78. The quantitative estimate of drug-likeness (QED) is 0.552. The highest BCUT2D eigenvalue weighted by Crippen LogP contribution is 2.23. The number of alkyl halides is 4. The van der Waals surface area contributed by atoms with Crippen molar-refractivity contribution in [1.82, 2.24) is 9.88 Å². The van der Waals surface area contributed by atoms with Crippen molar-refractivity contribution in [3.63, 3.8) is 0 Å². The summed E-state index contributed by atoms with van der Waals surface area (Å²) in [7, 11) is 0. The molecule has 1 amide bonds. The van der Waals surface area contributed by atoms with Gasteiger partial charge in [0.1, 0.15) is 18.9 Å². The molecule has 0 spiro atoms. The molecule has 1 unspecified atom stereocenters. The van der Waals surface area contributed by atoms with Gasteiger partial charge in [-0.3, -0.25) is 14.6 Å². The molecule has 1 aromatic heterocycles. The molecule has 25 heavy (non-hydrogen) atoms. The third-order valence-corrected chi connectivity index (χ3v) is 3.90. The van der Waals surface area contributed by atoms with Crippen molar-refractivity contribution in [3.05, 3.63) is 30.1 Å². The van der Waals surface area contributed by atoms with E-state index in [1.807, 2.05) is 0 Å². The molecule has 2 heterocycles. The van der Waals surface area contributed by atoms with Crippen LogP contribution in [0.3, 0.4) is 0 Å². The Morgan fingerprint density at radius 3 is 2.76 bits per heavy atom. The molecule has 1 saturated heterocycles. The molecule has 5 nitrogen and oxygen atoms in total. The lowest BCUT2D eigenvalue weighted by Crippen LogP contribution is -2.44. The predicted octanol–water partition coefficient (Wildman–Crippen LogP) is 2.42. The number of rotatable bonds is 7. The summed E-state index contributed by atoms with van der Waals surface area (Å²) in [4.78, 5) is 29.7. The number of hydrogen-bond acceptors (Lipinski definition) is 4. The number of halogens is 4. The van der Waals surface area contributed by atoms with Gasteiger partial charge in [0.25, 0.3) is 0 Å². The molecular formula is C16H18F4N2O3. The Morgan fingerprint density at radius 2 is 2.12 bits per heavy atom. The minimum atomic E-state index is -4.29. The van der Waals surface area contributed by atoms with E-state index in [2.05, 4.69) is 9.72 Å². The van der Waals surface area contributed by atoms with Crippen molar-refractivity contribution in [2.45, 2.75) is 25.2 Å². The van der Waals surface area contributed by atoms with E-state index >= 15 is 0 Å². The summed E-state index contributed by atoms with van der Waals surface area (Å²) in [6.07, 6.45) is -1.19. The third kappa shape index (κ3) is 5.22. The summed E-state index contributed by atoms with van der Waals surface area (Å²) in [5.41, 5.74) is 0.301. The first-order chi connectivity index (χ1) is 11.8. The third-order valence-electron chi connectivity index (χ3n) is 3.90. The number of pyridine rings is 1. The Kier molecular flexibility index (Phi) is 6.46. The SMILES string of the molecule is O=C(c1ccccn1)C1CCCN(C(=O)COCC(F)(F)C(F)F)C1. The van der Waals surface area contributed by atoms with Gasteiger partial charge in [-0.25, -0.2) is 8.78 Å². The molecule has 1 atom stereocenters. The van der Waals surface area contributed by atoms with Crippen LogP contribution in [0.4, 0.5) is 17.6 Å². The molecule has 1 aliphatic rings. The Bertz CT molecular complexity index is 598. The summed E-state index contributed by atoms with van der Waals surface area (Å²) in [5.74, 6) is -5.53. The number of Topliss-reactive ketones (excluding diaryl/α,β-unsaturated/α-hetero) is 1. The second-order valence-electron chi connectivity index (χ2n) is 5.81. The van der Waals surface area contributed by atoms with Crippen LogP contribution in [0.1, 0.15) is 23.3 Å². The molecule has 1 fully saturated rings. The maximum absolute atomic E-state index is 12.7. The molecule has 0 aromatic carbocycles. The lowest BCUT2D eigenvalue weighted by atomic mass is 9.92. The number of nitrogens with zero attached hydrogens (tertiary/aromatic N) is 2. The molecule has 0 saturated carbocycles. The Labute approximate surface area is 142 Å². The molecule has 1 aromatic rings. The molecule has 0 radical (unpaired) electrons. The number of ketones is 1. The number of likely N-dealkylation sites (tertiary alicyclic amines) is 1. The van der Waals surface area contributed by atoms with E-state index in [-0.39, 0.29) is 12.3 Å². The van der Waals surface area contributed by atoms with E-state index in [0.717, 1.165) is 0 Å². The maximum Gasteiger partial charge on any atom is 0.330 e. The maximum atomic E-state index is 12.7. The van der Waals surface area contributed by atoms with E-state index in [9.17, 15) is 27.2 Å². The normalized spacial score (nSPS) is 18.4. The number of amides is 1. The first kappa shape index (κ1) is 19.3. The van der Waals surface area contributed by atoms with Crippen molar-refractivity contribution < 1.29 is 31.9 Å². The molecule has 9 heteroatoms. The number of carbonyl (C=O) groups is 2. The number of hydrogen-bond donors (Lipinski definition) is 0. The van der Waals surface area contributed by atoms with Crippen LogP contribution >= 0.6 is 0 Å². The minimum Gasteiger partial charge on any atom is -0.365 e. The van der Waals surface area contributed by atoms with Gasteiger partial charge >= 0.3 is 12.3 Å². The highest BCUT2D eigenvalue weighted by molar-refractivity contribution is 5.96. The zero-order valence-electron chi connectivity index (χ0n) is 13.3. The van der Waals surface area contributed by atoms with Crippen molar-refractivity contribution in [2.75, 3.05) is 26.3 Å². The van der Waals surface area contributed by atoms with Crippen molar-refractivity contribution in [3.8, 4) is 0 Å². The summed E-state index contributed by atoms with van der Waals surface area (Å²) < 4.78 is 54.0. The lowest BCUT2D eigenvalue weighted by Gasteiger charge is -2.32. The van der Waals surface area contributed by atoms with Crippen molar-refractivity contribution in [1.29, 1.82) is 0 Å². The Hall–Kier alpha value is -2.03. The monoisotopic (exact) mass is 362 g/mol. The molecule has 2 rings (SSSR count). The van der Waals surface area contributed by atoms with Crippen LogP contribution in [0.5, 0.6) is 0 Å². The van der Waals surface area contributed by atoms with E-state index in [1.54, 1.807) is 18.2 Å². The van der Waals surface area contributed by atoms with E-state index in [1.165, 1.54) is 11.1 Å². The lowest BCUT2D eigenvalue weighted by molar-refractivity contribution is -0.171. The number of carbonyl (C=O) groups excluding carboxylic acids is 2. The fourth-order valence-corrected chi connectivity index (χ4v) is 2.56. The summed E-state index contributed by atoms with van der Waals surface area (Å²) in [6, 6.07) is 4.95. The molecule has 0 N–H and O–H groups in total. The molecular weight excluding hydrogens is 344 g/mol. The standard InChI is InChI=1S/C16H18F4N2O3/c17-15(18)16(19,20)10-25-9-13(23)22-7-3-4-11(8-22)14(24)12-5-1-2-6-21-12/h1-2,5-6,11,15H,3-4,7-10H2. The fraction of sp³-hybridized carbons (Fsp3) is 0.562. The van der Waals surface area contributed by atoms with Gasteiger partial charge in [-0.15, -0.1) is 0 Å². The van der Waals surface area contributed by atoms with Crippen LogP contribution in [-0.4, -0.2) is 60.2 Å². The largest absolute Gasteiger partial charge is 0.365 e. The summed E-state index contributed by atoms with van der Waals surface area (Å²) in [5, 5.41) is 0. The Morgan fingerprint density at radius 1 is 1.36 bits per heavy atom.